The molecule has 0 aliphatic heterocycles. The van der Waals surface area contributed by atoms with Crippen molar-refractivity contribution in [1.82, 2.24) is 0 Å². The Morgan fingerprint density at radius 1 is 1.31 bits per heavy atom. The number of benzene rings is 1. The third-order valence-electron chi connectivity index (χ3n) is 3.93. The Labute approximate surface area is 111 Å². The zero-order valence-corrected chi connectivity index (χ0v) is 11.3. The lowest BCUT2D eigenvalue weighted by molar-refractivity contribution is 0.621. The van der Waals surface area contributed by atoms with Crippen molar-refractivity contribution in [3.8, 4) is 0 Å². The molecule has 1 fully saturated rings. The number of alkyl halides is 1. The summed E-state index contributed by atoms with van der Waals surface area (Å²) in [6, 6.07) is 5.75. The molecule has 0 saturated heterocycles. The van der Waals surface area contributed by atoms with E-state index in [-0.39, 0.29) is 5.41 Å². The van der Waals surface area contributed by atoms with Crippen LogP contribution in [-0.2, 0) is 5.41 Å². The molecule has 0 spiro atoms. The summed E-state index contributed by atoms with van der Waals surface area (Å²) in [7, 11) is 0. The summed E-state index contributed by atoms with van der Waals surface area (Å²) in [6.45, 7) is 2.78. The molecule has 1 unspecified atom stereocenters. The Morgan fingerprint density at radius 3 is 2.44 bits per heavy atom. The van der Waals surface area contributed by atoms with E-state index in [1.807, 2.05) is 18.2 Å². The van der Waals surface area contributed by atoms with Crippen molar-refractivity contribution in [2.75, 3.05) is 12.4 Å². The van der Waals surface area contributed by atoms with Crippen molar-refractivity contribution in [2.24, 2.45) is 17.6 Å². The van der Waals surface area contributed by atoms with E-state index in [9.17, 15) is 0 Å². The van der Waals surface area contributed by atoms with Crippen molar-refractivity contribution in [3.05, 3.63) is 33.8 Å². The summed E-state index contributed by atoms with van der Waals surface area (Å²) in [5.74, 6) is 1.59. The van der Waals surface area contributed by atoms with Gasteiger partial charge >= 0.3 is 0 Å². The second kappa shape index (κ2) is 4.38. The molecule has 1 saturated carbocycles. The maximum atomic E-state index is 6.04. The maximum Gasteiger partial charge on any atom is 0.0595 e. The van der Waals surface area contributed by atoms with Gasteiger partial charge in [-0.05, 0) is 29.5 Å². The summed E-state index contributed by atoms with van der Waals surface area (Å²) < 4.78 is 0. The van der Waals surface area contributed by atoms with Gasteiger partial charge in [0.2, 0.25) is 0 Å². The average molecular weight is 279 g/mol. The number of halogens is 3. The zero-order valence-electron chi connectivity index (χ0n) is 9.01. The molecule has 0 radical (unpaired) electrons. The summed E-state index contributed by atoms with van der Waals surface area (Å²) in [5, 5.41) is 1.16. The van der Waals surface area contributed by atoms with Gasteiger partial charge in [0.1, 0.15) is 0 Å². The minimum absolute atomic E-state index is 0.00399. The Balaban J connectivity index is 2.40. The SMILES string of the molecule is C[C@@H]1C(CCl)[C@@]1(CN)c1ccc(Cl)c(Cl)c1. The molecule has 0 heterocycles. The summed E-state index contributed by atoms with van der Waals surface area (Å²) in [5.41, 5.74) is 7.06. The van der Waals surface area contributed by atoms with Gasteiger partial charge in [0.15, 0.2) is 0 Å². The lowest BCUT2D eigenvalue weighted by Crippen LogP contribution is -2.24. The highest BCUT2D eigenvalue weighted by Crippen LogP contribution is 2.59. The molecule has 88 valence electrons. The molecule has 16 heavy (non-hydrogen) atoms. The van der Waals surface area contributed by atoms with Crippen LogP contribution in [0.5, 0.6) is 0 Å². The molecule has 1 aliphatic rings. The fraction of sp³-hybridized carbons (Fsp3) is 0.500. The third-order valence-corrected chi connectivity index (χ3v) is 5.00. The summed E-state index contributed by atoms with van der Waals surface area (Å²) in [6.07, 6.45) is 0. The first-order chi connectivity index (χ1) is 7.57. The largest absolute Gasteiger partial charge is 0.330 e. The monoisotopic (exact) mass is 277 g/mol. The number of hydrogen-bond donors (Lipinski definition) is 1. The fourth-order valence-electron chi connectivity index (χ4n) is 2.72. The second-order valence-corrected chi connectivity index (χ2v) is 5.55. The van der Waals surface area contributed by atoms with E-state index in [4.69, 9.17) is 40.5 Å². The minimum atomic E-state index is -0.00399. The highest BCUT2D eigenvalue weighted by Gasteiger charge is 2.61. The van der Waals surface area contributed by atoms with E-state index >= 15 is 0 Å². The van der Waals surface area contributed by atoms with E-state index < -0.39 is 0 Å². The second-order valence-electron chi connectivity index (χ2n) is 4.42. The van der Waals surface area contributed by atoms with E-state index in [1.54, 1.807) is 0 Å². The number of nitrogens with two attached hydrogens (primary N) is 1. The van der Waals surface area contributed by atoms with Gasteiger partial charge in [0.05, 0.1) is 10.0 Å². The van der Waals surface area contributed by atoms with Crippen LogP contribution in [-0.4, -0.2) is 12.4 Å². The lowest BCUT2D eigenvalue weighted by atomic mass is 9.92. The van der Waals surface area contributed by atoms with E-state index in [0.29, 0.717) is 34.3 Å². The predicted molar refractivity (Wildman–Crippen MR) is 70.6 cm³/mol. The molecule has 1 aliphatic carbocycles. The van der Waals surface area contributed by atoms with Crippen molar-refractivity contribution in [1.29, 1.82) is 0 Å². The van der Waals surface area contributed by atoms with Crippen molar-refractivity contribution in [2.45, 2.75) is 12.3 Å². The first-order valence-corrected chi connectivity index (χ1v) is 6.58. The van der Waals surface area contributed by atoms with Crippen LogP contribution in [0.15, 0.2) is 18.2 Å². The molecule has 0 aromatic heterocycles. The van der Waals surface area contributed by atoms with Gasteiger partial charge < -0.3 is 5.73 Å². The average Bonchev–Trinajstić information content (AvgIpc) is 2.88. The molecular formula is C12H14Cl3N. The van der Waals surface area contributed by atoms with Crippen LogP contribution < -0.4 is 5.73 Å². The van der Waals surface area contributed by atoms with Crippen LogP contribution in [0.3, 0.4) is 0 Å². The number of rotatable bonds is 3. The Morgan fingerprint density at radius 2 is 2.00 bits per heavy atom. The van der Waals surface area contributed by atoms with Gasteiger partial charge in [-0.2, -0.15) is 0 Å². The van der Waals surface area contributed by atoms with Crippen LogP contribution in [0.25, 0.3) is 0 Å². The highest BCUT2D eigenvalue weighted by molar-refractivity contribution is 6.42. The van der Waals surface area contributed by atoms with Gasteiger partial charge in [-0.25, -0.2) is 0 Å². The normalized spacial score (nSPS) is 32.8. The first kappa shape index (κ1) is 12.5. The van der Waals surface area contributed by atoms with Gasteiger partial charge in [-0.3, -0.25) is 0 Å². The lowest BCUT2D eigenvalue weighted by Gasteiger charge is -2.16. The molecule has 0 amide bonds. The molecule has 2 rings (SSSR count). The Hall–Kier alpha value is 0.0500. The standard InChI is InChI=1S/C12H14Cl3N/c1-7-9(5-13)12(7,6-16)8-2-3-10(14)11(15)4-8/h2-4,7,9H,5-6,16H2,1H3/t7-,9?,12-/m1/s1. The molecule has 3 atom stereocenters. The summed E-state index contributed by atoms with van der Waals surface area (Å²) in [4.78, 5) is 0. The molecule has 0 bridgehead atoms. The van der Waals surface area contributed by atoms with Gasteiger partial charge in [-0.15, -0.1) is 11.6 Å². The Kier molecular flexibility index (Phi) is 3.42. The van der Waals surface area contributed by atoms with Crippen LogP contribution in [0, 0.1) is 11.8 Å². The summed E-state index contributed by atoms with van der Waals surface area (Å²) >= 11 is 17.9. The highest BCUT2D eigenvalue weighted by atomic mass is 35.5. The molecular weight excluding hydrogens is 264 g/mol. The molecule has 1 aromatic carbocycles. The molecule has 1 aromatic rings. The van der Waals surface area contributed by atoms with Gasteiger partial charge in [0, 0.05) is 17.8 Å². The van der Waals surface area contributed by atoms with Crippen molar-refractivity contribution < 1.29 is 0 Å². The molecule has 1 nitrogen and oxygen atoms in total. The quantitative estimate of drug-likeness (QED) is 0.838. The van der Waals surface area contributed by atoms with Crippen molar-refractivity contribution >= 4 is 34.8 Å². The number of hydrogen-bond acceptors (Lipinski definition) is 1. The fourth-order valence-corrected chi connectivity index (χ4v) is 3.56. The zero-order chi connectivity index (χ0) is 11.9. The van der Waals surface area contributed by atoms with E-state index in [0.717, 1.165) is 5.56 Å². The van der Waals surface area contributed by atoms with Crippen LogP contribution in [0.2, 0.25) is 10.0 Å². The predicted octanol–water partition coefficient (Wildman–Crippen LogP) is 3.69. The van der Waals surface area contributed by atoms with E-state index in [1.165, 1.54) is 0 Å². The van der Waals surface area contributed by atoms with Gasteiger partial charge in [0.25, 0.3) is 0 Å². The minimum Gasteiger partial charge on any atom is -0.330 e. The molecule has 4 heteroatoms. The maximum absolute atomic E-state index is 6.04. The third kappa shape index (κ3) is 1.65. The Bertz CT molecular complexity index is 407. The van der Waals surface area contributed by atoms with Crippen LogP contribution in [0.1, 0.15) is 12.5 Å². The topological polar surface area (TPSA) is 26.0 Å². The first-order valence-electron chi connectivity index (χ1n) is 5.29. The van der Waals surface area contributed by atoms with Gasteiger partial charge in [-0.1, -0.05) is 36.2 Å². The van der Waals surface area contributed by atoms with Crippen molar-refractivity contribution in [3.63, 3.8) is 0 Å². The van der Waals surface area contributed by atoms with E-state index in [2.05, 4.69) is 6.92 Å². The molecule has 2 N–H and O–H groups in total. The van der Waals surface area contributed by atoms with Crippen LogP contribution in [0.4, 0.5) is 0 Å². The smallest absolute Gasteiger partial charge is 0.0595 e. The van der Waals surface area contributed by atoms with Crippen LogP contribution >= 0.6 is 34.8 Å².